The average Bonchev–Trinajstić information content (AvgIpc) is 2.84. The molecule has 0 nitrogen and oxygen atoms in total. The molecule has 4 heteroatoms. The normalized spacial score (nSPS) is 12.8. The summed E-state index contributed by atoms with van der Waals surface area (Å²) in [4.78, 5) is 0. The zero-order valence-electron chi connectivity index (χ0n) is 11.3. The third kappa shape index (κ3) is 6.07. The van der Waals surface area contributed by atoms with Crippen LogP contribution in [0.5, 0.6) is 0 Å². The minimum Gasteiger partial charge on any atom is -0.147 e. The second-order valence-corrected chi connectivity index (χ2v) is 12.7. The van der Waals surface area contributed by atoms with Crippen LogP contribution in [0.3, 0.4) is 0 Å². The first-order valence-electron chi connectivity index (χ1n) is 6.08. The Bertz CT molecular complexity index is 474. The van der Waals surface area contributed by atoms with Crippen LogP contribution in [-0.2, 0) is 23.1 Å². The van der Waals surface area contributed by atoms with Gasteiger partial charge in [-0.15, -0.1) is 24.8 Å². The first-order valence-corrected chi connectivity index (χ1v) is 11.2. The van der Waals surface area contributed by atoms with E-state index >= 15 is 0 Å². The van der Waals surface area contributed by atoms with Crippen molar-refractivity contribution in [2.45, 2.75) is 26.4 Å². The molecule has 1 aliphatic rings. The van der Waals surface area contributed by atoms with Crippen LogP contribution in [0.4, 0.5) is 0 Å². The Morgan fingerprint density at radius 3 is 2.37 bits per heavy atom. The van der Waals surface area contributed by atoms with Gasteiger partial charge in [0.25, 0.3) is 0 Å². The monoisotopic (exact) mass is 350 g/mol. The third-order valence-electron chi connectivity index (χ3n) is 2.90. The molecular weight excluding hydrogens is 330 g/mol. The summed E-state index contributed by atoms with van der Waals surface area (Å²) in [6, 6.07) is 10.9. The van der Waals surface area contributed by atoms with Crippen molar-refractivity contribution in [1.29, 1.82) is 0 Å². The predicted molar refractivity (Wildman–Crippen MR) is 91.2 cm³/mol. The molecule has 19 heavy (non-hydrogen) atoms. The summed E-state index contributed by atoms with van der Waals surface area (Å²) in [7, 11) is 0. The average molecular weight is 351 g/mol. The molecule has 2 rings (SSSR count). The summed E-state index contributed by atoms with van der Waals surface area (Å²) in [5, 5.41) is 0. The van der Waals surface area contributed by atoms with Crippen LogP contribution >= 0.6 is 31.4 Å². The number of hydrogen-bond acceptors (Lipinski definition) is 0. The fourth-order valence-corrected chi connectivity index (χ4v) is 10.4. The molecule has 1 unspecified atom stereocenters. The number of benzene rings is 1. The third-order valence-corrected chi connectivity index (χ3v) is 12.9. The van der Waals surface area contributed by atoms with Crippen LogP contribution in [0.2, 0.25) is 0 Å². The Kier molecular flexibility index (Phi) is 10.2. The molecule has 1 aromatic rings. The van der Waals surface area contributed by atoms with Gasteiger partial charge in [0.15, 0.2) is 0 Å². The Labute approximate surface area is 136 Å². The molecule has 1 atom stereocenters. The molecule has 0 bridgehead atoms. The van der Waals surface area contributed by atoms with E-state index in [0.29, 0.717) is 0 Å². The topological polar surface area (TPSA) is 0 Å². The minimum absolute atomic E-state index is 0. The van der Waals surface area contributed by atoms with Crippen LogP contribution < -0.4 is 0 Å². The van der Waals surface area contributed by atoms with Gasteiger partial charge >= 0.3 is 112 Å². The van der Waals surface area contributed by atoms with E-state index in [1.165, 1.54) is 18.1 Å². The van der Waals surface area contributed by atoms with Crippen LogP contribution in [0, 0.1) is 0 Å². The van der Waals surface area contributed by atoms with Crippen molar-refractivity contribution >= 4 is 35.2 Å². The van der Waals surface area contributed by atoms with Crippen molar-refractivity contribution in [3.63, 3.8) is 0 Å². The SMILES string of the molecule is C[C](C)=[Ti]([PH]Cc1ccccc1)[C]1=CC=CC1.Cl.Cl. The second-order valence-electron chi connectivity index (χ2n) is 4.54. The molecule has 0 fully saturated rings. The largest absolute Gasteiger partial charge is 0.147 e. The van der Waals surface area contributed by atoms with Gasteiger partial charge in [0.2, 0.25) is 0 Å². The van der Waals surface area contributed by atoms with Crippen molar-refractivity contribution in [1.82, 2.24) is 0 Å². The molecule has 0 aliphatic heterocycles. The number of allylic oxidation sites excluding steroid dienone is 4. The van der Waals surface area contributed by atoms with Crippen LogP contribution in [-0.4, -0.2) is 3.81 Å². The quantitative estimate of drug-likeness (QED) is 0.510. The minimum atomic E-state index is -1.08. The molecule has 0 N–H and O–H groups in total. The summed E-state index contributed by atoms with van der Waals surface area (Å²) < 4.78 is 3.48. The predicted octanol–water partition coefficient (Wildman–Crippen LogP) is 5.30. The molecule has 0 radical (unpaired) electrons. The summed E-state index contributed by atoms with van der Waals surface area (Å²) in [5.74, 6) is 0. The first kappa shape index (κ1) is 19.3. The Balaban J connectivity index is 0.00000162. The summed E-state index contributed by atoms with van der Waals surface area (Å²) in [6.45, 7) is 5.82. The van der Waals surface area contributed by atoms with Gasteiger partial charge in [0.05, 0.1) is 0 Å². The van der Waals surface area contributed by atoms with Gasteiger partial charge in [-0.2, -0.15) is 0 Å². The van der Waals surface area contributed by atoms with Crippen LogP contribution in [0.1, 0.15) is 25.8 Å². The van der Waals surface area contributed by atoms with Gasteiger partial charge in [-0.1, -0.05) is 0 Å². The van der Waals surface area contributed by atoms with Gasteiger partial charge in [-0.05, 0) is 0 Å². The van der Waals surface area contributed by atoms with Crippen molar-refractivity contribution in [2.75, 3.05) is 0 Å². The standard InChI is InChI=1S/C7H8P.C5H5.C3H6.2ClH.Ti/c8-6-7-4-2-1-3-5-7;1-2-4-5-3-1;1-3-2;;;/h1-5,8H,6H2;1-3H,4H2;1-2H3;2*1H;/q-1;;;;;+1. The maximum Gasteiger partial charge on any atom is -0.147 e. The van der Waals surface area contributed by atoms with E-state index in [0.717, 1.165) is 6.57 Å². The van der Waals surface area contributed by atoms with E-state index in [2.05, 4.69) is 62.4 Å². The number of rotatable bonds is 4. The van der Waals surface area contributed by atoms with Crippen molar-refractivity contribution in [3.8, 4) is 0 Å². The molecule has 1 aliphatic carbocycles. The Hall–Kier alpha value is 0.294. The number of halogens is 2. The van der Waals surface area contributed by atoms with Gasteiger partial charge < -0.3 is 0 Å². The van der Waals surface area contributed by atoms with Gasteiger partial charge in [0.1, 0.15) is 0 Å². The molecule has 104 valence electrons. The number of hydrogen-bond donors (Lipinski definition) is 0. The molecular formula is C15H21Cl2PTi. The van der Waals surface area contributed by atoms with E-state index in [1.807, 2.05) is 0 Å². The maximum atomic E-state index is 2.38. The summed E-state index contributed by atoms with van der Waals surface area (Å²) in [6.07, 6.45) is 9.41. The summed E-state index contributed by atoms with van der Waals surface area (Å²) >= 11 is -1.08. The zero-order valence-corrected chi connectivity index (χ0v) is 15.5. The first-order chi connectivity index (χ1) is 8.27. The van der Waals surface area contributed by atoms with E-state index in [4.69, 9.17) is 0 Å². The Morgan fingerprint density at radius 1 is 1.16 bits per heavy atom. The molecule has 0 heterocycles. The molecule has 0 aromatic heterocycles. The molecule has 0 amide bonds. The fourth-order valence-electron chi connectivity index (χ4n) is 2.03. The smallest absolute Gasteiger partial charge is 0.147 e. The molecule has 0 saturated heterocycles. The zero-order chi connectivity index (χ0) is 12.1. The van der Waals surface area contributed by atoms with Crippen LogP contribution in [0.25, 0.3) is 0 Å². The molecule has 0 spiro atoms. The fraction of sp³-hybridized carbons (Fsp3) is 0.267. The second kappa shape index (κ2) is 10.1. The van der Waals surface area contributed by atoms with Crippen molar-refractivity contribution in [2.24, 2.45) is 0 Å². The Morgan fingerprint density at radius 2 is 1.84 bits per heavy atom. The van der Waals surface area contributed by atoms with Gasteiger partial charge in [-0.25, -0.2) is 0 Å². The summed E-state index contributed by atoms with van der Waals surface area (Å²) in [5.41, 5.74) is 1.50. The van der Waals surface area contributed by atoms with Crippen LogP contribution in [0.15, 0.2) is 52.4 Å². The molecule has 1 aromatic carbocycles. The van der Waals surface area contributed by atoms with Gasteiger partial charge in [-0.3, -0.25) is 0 Å². The van der Waals surface area contributed by atoms with E-state index in [1.54, 1.807) is 7.69 Å². The van der Waals surface area contributed by atoms with Gasteiger partial charge in [0, 0.05) is 0 Å². The van der Waals surface area contributed by atoms with E-state index in [-0.39, 0.29) is 24.8 Å². The molecule has 0 saturated carbocycles. The maximum absolute atomic E-state index is 2.38. The van der Waals surface area contributed by atoms with E-state index in [9.17, 15) is 0 Å². The van der Waals surface area contributed by atoms with Crippen molar-refractivity contribution < 1.29 is 16.9 Å². The van der Waals surface area contributed by atoms with E-state index < -0.39 is 16.9 Å². The van der Waals surface area contributed by atoms with Crippen molar-refractivity contribution in [3.05, 3.63) is 58.0 Å².